The largest absolute Gasteiger partial charge is 0.317 e. The molecule has 3 aliphatic rings. The van der Waals surface area contributed by atoms with Crippen LogP contribution in [0.4, 0.5) is 0 Å². The molecule has 2 bridgehead atoms. The number of thiophene rings is 1. The number of nitrogens with zero attached hydrogens (tertiary/aromatic N) is 1. The van der Waals surface area contributed by atoms with E-state index >= 15 is 0 Å². The number of rotatable bonds is 3. The average molecular weight is 304 g/mol. The normalized spacial score (nSPS) is 42.2. The highest BCUT2D eigenvalue weighted by Gasteiger charge is 2.54. The van der Waals surface area contributed by atoms with Crippen molar-refractivity contribution in [2.24, 2.45) is 11.8 Å². The molecule has 2 saturated carbocycles. The number of carbonyl (C=O) groups excluding carboxylic acids is 1. The summed E-state index contributed by atoms with van der Waals surface area (Å²) in [6, 6.07) is 4.72. The number of carbonyl (C=O) groups is 1. The maximum Gasteiger partial charge on any atom is 0.244 e. The molecule has 0 spiro atoms. The molecule has 4 heteroatoms. The minimum Gasteiger partial charge on any atom is -0.317 e. The van der Waals surface area contributed by atoms with Crippen LogP contribution in [0.2, 0.25) is 0 Å². The van der Waals surface area contributed by atoms with Crippen molar-refractivity contribution in [1.82, 2.24) is 10.2 Å². The first-order chi connectivity index (χ1) is 10.1. The van der Waals surface area contributed by atoms with Crippen molar-refractivity contribution in [2.75, 3.05) is 0 Å². The summed E-state index contributed by atoms with van der Waals surface area (Å²) in [5.74, 6) is 1.92. The Bertz CT molecular complexity index is 543. The zero-order valence-electron chi connectivity index (χ0n) is 12.8. The van der Waals surface area contributed by atoms with E-state index in [0.717, 1.165) is 18.3 Å². The number of amides is 1. The van der Waals surface area contributed by atoms with Gasteiger partial charge in [-0.05, 0) is 55.9 Å². The molecule has 1 saturated heterocycles. The van der Waals surface area contributed by atoms with Crippen molar-refractivity contribution in [3.8, 4) is 0 Å². The Morgan fingerprint density at radius 1 is 1.43 bits per heavy atom. The standard InChI is InChI=1S/C17H24N2OS/c1-3-17(2)16(20)19(13-10-11-6-7-12(13)9-11)15(18-17)14-5-4-8-21-14/h4-5,8,11-13,15,18H,3,6-7,9-10H2,1-2H3. The van der Waals surface area contributed by atoms with Gasteiger partial charge in [0.2, 0.25) is 5.91 Å². The lowest BCUT2D eigenvalue weighted by Gasteiger charge is -2.35. The molecular formula is C17H24N2OS. The van der Waals surface area contributed by atoms with Crippen LogP contribution in [0.25, 0.3) is 0 Å². The molecule has 3 fully saturated rings. The first-order valence-electron chi connectivity index (χ1n) is 8.26. The van der Waals surface area contributed by atoms with E-state index < -0.39 is 5.54 Å². The lowest BCUT2D eigenvalue weighted by atomic mass is 9.92. The zero-order chi connectivity index (χ0) is 14.6. The summed E-state index contributed by atoms with van der Waals surface area (Å²) < 4.78 is 0. The van der Waals surface area contributed by atoms with Crippen LogP contribution in [0.1, 0.15) is 57.0 Å². The molecule has 2 heterocycles. The Morgan fingerprint density at radius 2 is 2.29 bits per heavy atom. The van der Waals surface area contributed by atoms with Gasteiger partial charge < -0.3 is 4.90 Å². The van der Waals surface area contributed by atoms with Gasteiger partial charge in [-0.25, -0.2) is 0 Å². The molecule has 5 atom stereocenters. The summed E-state index contributed by atoms with van der Waals surface area (Å²) >= 11 is 1.76. The van der Waals surface area contributed by atoms with Gasteiger partial charge in [-0.15, -0.1) is 11.3 Å². The minimum absolute atomic E-state index is 0.0896. The lowest BCUT2D eigenvalue weighted by molar-refractivity contribution is -0.136. The van der Waals surface area contributed by atoms with E-state index in [1.165, 1.54) is 30.6 Å². The van der Waals surface area contributed by atoms with Gasteiger partial charge in [0.1, 0.15) is 6.17 Å². The number of nitrogens with one attached hydrogen (secondary N) is 1. The second kappa shape index (κ2) is 4.82. The topological polar surface area (TPSA) is 32.3 Å². The van der Waals surface area contributed by atoms with E-state index in [2.05, 4.69) is 41.6 Å². The maximum absolute atomic E-state index is 13.1. The fourth-order valence-corrected chi connectivity index (χ4v) is 5.41. The lowest BCUT2D eigenvalue weighted by Crippen LogP contribution is -2.46. The van der Waals surface area contributed by atoms with E-state index in [4.69, 9.17) is 0 Å². The molecule has 3 nitrogen and oxygen atoms in total. The van der Waals surface area contributed by atoms with Gasteiger partial charge in [0.25, 0.3) is 0 Å². The van der Waals surface area contributed by atoms with Crippen LogP contribution in [0.15, 0.2) is 17.5 Å². The molecule has 114 valence electrons. The smallest absolute Gasteiger partial charge is 0.244 e. The van der Waals surface area contributed by atoms with Crippen LogP contribution in [0.5, 0.6) is 0 Å². The van der Waals surface area contributed by atoms with Crippen molar-refractivity contribution in [2.45, 2.75) is 63.7 Å². The van der Waals surface area contributed by atoms with Crippen molar-refractivity contribution in [3.63, 3.8) is 0 Å². The van der Waals surface area contributed by atoms with Crippen LogP contribution in [-0.4, -0.2) is 22.4 Å². The second-order valence-corrected chi connectivity index (χ2v) is 8.18. The zero-order valence-corrected chi connectivity index (χ0v) is 13.7. The molecule has 1 amide bonds. The highest BCUT2D eigenvalue weighted by atomic mass is 32.1. The van der Waals surface area contributed by atoms with Gasteiger partial charge in [0.15, 0.2) is 0 Å². The summed E-state index contributed by atoms with van der Waals surface area (Å²) in [4.78, 5) is 16.6. The molecule has 1 aromatic heterocycles. The molecule has 21 heavy (non-hydrogen) atoms. The van der Waals surface area contributed by atoms with Gasteiger partial charge in [0, 0.05) is 10.9 Å². The van der Waals surface area contributed by atoms with Crippen LogP contribution >= 0.6 is 11.3 Å². The van der Waals surface area contributed by atoms with Gasteiger partial charge in [-0.2, -0.15) is 0 Å². The van der Waals surface area contributed by atoms with Crippen molar-refractivity contribution in [1.29, 1.82) is 0 Å². The minimum atomic E-state index is -0.392. The maximum atomic E-state index is 13.1. The second-order valence-electron chi connectivity index (χ2n) is 7.20. The van der Waals surface area contributed by atoms with E-state index in [-0.39, 0.29) is 6.17 Å². The fourth-order valence-electron chi connectivity index (χ4n) is 4.64. The summed E-state index contributed by atoms with van der Waals surface area (Å²) in [5, 5.41) is 5.76. The molecule has 2 aliphatic carbocycles. The fraction of sp³-hybridized carbons (Fsp3) is 0.706. The van der Waals surface area contributed by atoms with Gasteiger partial charge in [-0.1, -0.05) is 19.4 Å². The van der Waals surface area contributed by atoms with Gasteiger partial charge >= 0.3 is 0 Å². The van der Waals surface area contributed by atoms with Crippen molar-refractivity contribution < 1.29 is 4.79 Å². The first-order valence-corrected chi connectivity index (χ1v) is 9.14. The molecule has 1 N–H and O–H groups in total. The first kappa shape index (κ1) is 13.8. The SMILES string of the molecule is CCC1(C)NC(c2cccs2)N(C2CC3CCC2C3)C1=O. The van der Waals surface area contributed by atoms with Crippen molar-refractivity contribution >= 4 is 17.2 Å². The Kier molecular flexibility index (Phi) is 3.16. The van der Waals surface area contributed by atoms with E-state index in [1.54, 1.807) is 11.3 Å². The summed E-state index contributed by atoms with van der Waals surface area (Å²) in [5.41, 5.74) is -0.392. The van der Waals surface area contributed by atoms with Gasteiger partial charge in [-0.3, -0.25) is 10.1 Å². The molecule has 1 aliphatic heterocycles. The number of hydrogen-bond acceptors (Lipinski definition) is 3. The number of hydrogen-bond donors (Lipinski definition) is 1. The summed E-state index contributed by atoms with van der Waals surface area (Å²) in [7, 11) is 0. The summed E-state index contributed by atoms with van der Waals surface area (Å²) in [6.07, 6.45) is 6.20. The van der Waals surface area contributed by atoms with Crippen LogP contribution in [0, 0.1) is 11.8 Å². The molecule has 1 aromatic rings. The van der Waals surface area contributed by atoms with E-state index in [9.17, 15) is 4.79 Å². The van der Waals surface area contributed by atoms with Crippen LogP contribution in [0.3, 0.4) is 0 Å². The summed E-state index contributed by atoms with van der Waals surface area (Å²) in [6.45, 7) is 4.18. The third-order valence-electron chi connectivity index (χ3n) is 6.02. The molecule has 0 radical (unpaired) electrons. The van der Waals surface area contributed by atoms with Crippen molar-refractivity contribution in [3.05, 3.63) is 22.4 Å². The Balaban J connectivity index is 1.69. The monoisotopic (exact) mass is 304 g/mol. The van der Waals surface area contributed by atoms with E-state index in [0.29, 0.717) is 11.9 Å². The van der Waals surface area contributed by atoms with E-state index in [1.807, 2.05) is 0 Å². The molecular weight excluding hydrogens is 280 g/mol. The third kappa shape index (κ3) is 1.99. The Hall–Kier alpha value is -0.870. The molecule has 4 rings (SSSR count). The quantitative estimate of drug-likeness (QED) is 0.926. The number of fused-ring (bicyclic) bond motifs is 2. The molecule has 0 aromatic carbocycles. The highest BCUT2D eigenvalue weighted by Crippen LogP contribution is 2.50. The van der Waals surface area contributed by atoms with Gasteiger partial charge in [0.05, 0.1) is 5.54 Å². The highest BCUT2D eigenvalue weighted by molar-refractivity contribution is 7.10. The van der Waals surface area contributed by atoms with Crippen LogP contribution < -0.4 is 5.32 Å². The molecule has 5 unspecified atom stereocenters. The third-order valence-corrected chi connectivity index (χ3v) is 6.94. The average Bonchev–Trinajstić information content (AvgIpc) is 3.23. The predicted octanol–water partition coefficient (Wildman–Crippen LogP) is 3.54. The van der Waals surface area contributed by atoms with Crippen LogP contribution in [-0.2, 0) is 4.79 Å². The Labute approximate surface area is 130 Å². The Morgan fingerprint density at radius 3 is 2.86 bits per heavy atom. The predicted molar refractivity (Wildman–Crippen MR) is 85.0 cm³/mol.